The SMILES string of the molecule is CCCCCCCCCCCCCCCCSCCCO[P+](=O)OOCC[N+](C)(CC)CC. The minimum absolute atomic E-state index is 0.428. The summed E-state index contributed by atoms with van der Waals surface area (Å²) in [6.07, 6.45) is 20.6. The molecule has 0 aromatic rings. The van der Waals surface area contributed by atoms with Gasteiger partial charge in [-0.15, -0.1) is 4.52 Å². The summed E-state index contributed by atoms with van der Waals surface area (Å²) < 4.78 is 22.6. The monoisotopic (exact) mass is 509 g/mol. The molecule has 33 heavy (non-hydrogen) atoms. The third-order valence-corrected chi connectivity index (χ3v) is 8.40. The maximum absolute atomic E-state index is 11.7. The fourth-order valence-corrected chi connectivity index (χ4v) is 5.12. The molecule has 5 nitrogen and oxygen atoms in total. The summed E-state index contributed by atoms with van der Waals surface area (Å²) in [5.74, 6) is 2.26. The molecule has 0 saturated carbocycles. The van der Waals surface area contributed by atoms with Crippen LogP contribution in [-0.2, 0) is 18.7 Å². The van der Waals surface area contributed by atoms with Crippen LogP contribution in [0, 0.1) is 0 Å². The van der Waals surface area contributed by atoms with Crippen molar-refractivity contribution in [2.75, 3.05) is 51.4 Å². The highest BCUT2D eigenvalue weighted by atomic mass is 32.2. The zero-order valence-corrected chi connectivity index (χ0v) is 24.2. The van der Waals surface area contributed by atoms with Crippen LogP contribution in [0.2, 0.25) is 0 Å². The van der Waals surface area contributed by atoms with Crippen LogP contribution in [0.15, 0.2) is 0 Å². The van der Waals surface area contributed by atoms with Crippen LogP contribution >= 0.6 is 20.0 Å². The molecule has 0 rings (SSSR count). The van der Waals surface area contributed by atoms with Gasteiger partial charge in [0.2, 0.25) is 0 Å². The van der Waals surface area contributed by atoms with Gasteiger partial charge in [0, 0.05) is 4.57 Å². The van der Waals surface area contributed by atoms with Gasteiger partial charge in [0.05, 0.1) is 24.8 Å². The second-order valence-corrected chi connectivity index (χ2v) is 11.6. The molecule has 0 radical (unpaired) electrons. The van der Waals surface area contributed by atoms with Crippen LogP contribution in [0.5, 0.6) is 0 Å². The Balaban J connectivity index is 3.22. The number of hydrogen-bond acceptors (Lipinski definition) is 5. The number of quaternary nitrogens is 1. The minimum Gasteiger partial charge on any atom is -0.324 e. The van der Waals surface area contributed by atoms with E-state index in [0.29, 0.717) is 13.2 Å². The third-order valence-electron chi connectivity index (χ3n) is 6.63. The summed E-state index contributed by atoms with van der Waals surface area (Å²) >= 11 is 1.97. The Morgan fingerprint density at radius 2 is 1.15 bits per heavy atom. The molecular weight excluding hydrogens is 453 g/mol. The molecule has 0 spiro atoms. The van der Waals surface area contributed by atoms with Crippen molar-refractivity contribution in [3.8, 4) is 0 Å². The van der Waals surface area contributed by atoms with E-state index in [1.54, 1.807) is 0 Å². The van der Waals surface area contributed by atoms with Gasteiger partial charge in [0.15, 0.2) is 0 Å². The lowest BCUT2D eigenvalue weighted by Gasteiger charge is -2.31. The van der Waals surface area contributed by atoms with Gasteiger partial charge in [0.25, 0.3) is 0 Å². The predicted octanol–water partition coefficient (Wildman–Crippen LogP) is 8.70. The van der Waals surface area contributed by atoms with Gasteiger partial charge in [-0.05, 0) is 38.2 Å². The van der Waals surface area contributed by atoms with E-state index >= 15 is 0 Å². The molecule has 1 atom stereocenters. The van der Waals surface area contributed by atoms with E-state index in [4.69, 9.17) is 14.1 Å². The normalized spacial score (nSPS) is 12.4. The van der Waals surface area contributed by atoms with Crippen LogP contribution in [0.25, 0.3) is 0 Å². The van der Waals surface area contributed by atoms with Gasteiger partial charge < -0.3 is 4.48 Å². The molecule has 0 heterocycles. The molecule has 0 fully saturated rings. The zero-order valence-electron chi connectivity index (χ0n) is 22.5. The van der Waals surface area contributed by atoms with Crippen molar-refractivity contribution in [3.63, 3.8) is 0 Å². The summed E-state index contributed by atoms with van der Waals surface area (Å²) in [6, 6.07) is 0. The molecule has 7 heteroatoms. The van der Waals surface area contributed by atoms with Crippen LogP contribution in [0.3, 0.4) is 0 Å². The molecule has 0 amide bonds. The van der Waals surface area contributed by atoms with Crippen molar-refractivity contribution >= 4 is 20.0 Å². The van der Waals surface area contributed by atoms with E-state index in [1.165, 1.54) is 95.6 Å². The fraction of sp³-hybridized carbons (Fsp3) is 1.00. The fourth-order valence-electron chi connectivity index (χ4n) is 3.70. The first kappa shape index (κ1) is 33.3. The van der Waals surface area contributed by atoms with E-state index in [9.17, 15) is 4.57 Å². The van der Waals surface area contributed by atoms with Gasteiger partial charge in [-0.2, -0.15) is 16.6 Å². The molecule has 1 unspecified atom stereocenters. The Bertz CT molecular complexity index is 425. The van der Waals surface area contributed by atoms with Crippen molar-refractivity contribution in [1.29, 1.82) is 0 Å². The van der Waals surface area contributed by atoms with Crippen molar-refractivity contribution in [2.45, 2.75) is 117 Å². The average Bonchev–Trinajstić information content (AvgIpc) is 2.83. The van der Waals surface area contributed by atoms with Gasteiger partial charge in [-0.1, -0.05) is 90.4 Å². The standard InChI is InChI=1S/C26H56NO4PS/c1-5-8-9-10-11-12-13-14-15-16-17-18-19-20-25-33-26-21-23-30-32(28)31-29-24-22-27(4,6-2)7-3/h5-26H2,1-4H3/q+2. The first-order valence-electron chi connectivity index (χ1n) is 13.9. The van der Waals surface area contributed by atoms with E-state index in [0.717, 1.165) is 36.3 Å². The van der Waals surface area contributed by atoms with Crippen molar-refractivity contribution in [3.05, 3.63) is 0 Å². The molecule has 0 aromatic carbocycles. The topological polar surface area (TPSA) is 44.8 Å². The second-order valence-electron chi connectivity index (χ2n) is 9.49. The molecule has 0 aliphatic heterocycles. The molecule has 0 N–H and O–H groups in total. The van der Waals surface area contributed by atoms with Gasteiger partial charge >= 0.3 is 8.25 Å². The van der Waals surface area contributed by atoms with E-state index in [1.807, 2.05) is 11.8 Å². The lowest BCUT2D eigenvalue weighted by molar-refractivity contribution is -0.907. The highest BCUT2D eigenvalue weighted by Crippen LogP contribution is 2.24. The quantitative estimate of drug-likeness (QED) is 0.0364. The van der Waals surface area contributed by atoms with E-state index in [-0.39, 0.29) is 0 Å². The lowest BCUT2D eigenvalue weighted by atomic mass is 10.0. The summed E-state index contributed by atoms with van der Waals surface area (Å²) in [5, 5.41) is 0. The highest BCUT2D eigenvalue weighted by Gasteiger charge is 2.23. The first-order valence-corrected chi connectivity index (χ1v) is 16.1. The smallest absolute Gasteiger partial charge is 0.324 e. The number of rotatable bonds is 27. The Labute approximate surface area is 211 Å². The highest BCUT2D eigenvalue weighted by molar-refractivity contribution is 7.99. The largest absolute Gasteiger partial charge is 0.728 e. The maximum Gasteiger partial charge on any atom is 0.728 e. The molecule has 0 saturated heterocycles. The summed E-state index contributed by atoms with van der Waals surface area (Å²) in [7, 11) is 0.00664. The predicted molar refractivity (Wildman–Crippen MR) is 145 cm³/mol. The molecular formula is C26H56NO4PS+2. The Hall–Kier alpha value is 0.290. The maximum atomic E-state index is 11.7. The first-order chi connectivity index (χ1) is 16.1. The number of nitrogens with zero attached hydrogens (tertiary/aromatic N) is 1. The summed E-state index contributed by atoms with van der Waals surface area (Å²) in [6.45, 7) is 10.4. The number of likely N-dealkylation sites (N-methyl/N-ethyl adjacent to an activating group) is 1. The summed E-state index contributed by atoms with van der Waals surface area (Å²) in [4.78, 5) is 5.06. The molecule has 0 aliphatic rings. The number of unbranched alkanes of at least 4 members (excludes halogenated alkanes) is 13. The van der Waals surface area contributed by atoms with Crippen molar-refractivity contribution in [1.82, 2.24) is 0 Å². The second kappa shape index (κ2) is 25.4. The Kier molecular flexibility index (Phi) is 25.6. The molecule has 0 bridgehead atoms. The average molecular weight is 510 g/mol. The van der Waals surface area contributed by atoms with Crippen molar-refractivity contribution < 1.29 is 23.1 Å². The molecule has 198 valence electrons. The Morgan fingerprint density at radius 1 is 0.667 bits per heavy atom. The van der Waals surface area contributed by atoms with Crippen LogP contribution in [0.1, 0.15) is 117 Å². The Morgan fingerprint density at radius 3 is 1.67 bits per heavy atom. The number of hydrogen-bond donors (Lipinski definition) is 0. The van der Waals surface area contributed by atoms with Gasteiger partial charge in [-0.3, -0.25) is 0 Å². The third kappa shape index (κ3) is 23.8. The van der Waals surface area contributed by atoms with Crippen molar-refractivity contribution in [2.24, 2.45) is 0 Å². The van der Waals surface area contributed by atoms with E-state index < -0.39 is 8.25 Å². The van der Waals surface area contributed by atoms with Gasteiger partial charge in [-0.25, -0.2) is 0 Å². The number of thioether (sulfide) groups is 1. The molecule has 0 aliphatic carbocycles. The van der Waals surface area contributed by atoms with Crippen LogP contribution in [0.4, 0.5) is 0 Å². The summed E-state index contributed by atoms with van der Waals surface area (Å²) in [5.41, 5.74) is 0. The van der Waals surface area contributed by atoms with E-state index in [2.05, 4.69) is 27.8 Å². The molecule has 0 aromatic heterocycles. The van der Waals surface area contributed by atoms with Crippen LogP contribution < -0.4 is 0 Å². The lowest BCUT2D eigenvalue weighted by Crippen LogP contribution is -2.45. The van der Waals surface area contributed by atoms with Gasteiger partial charge in [0.1, 0.15) is 19.8 Å². The van der Waals surface area contributed by atoms with Crippen LogP contribution in [-0.4, -0.2) is 55.9 Å². The zero-order chi connectivity index (χ0) is 24.5. The minimum atomic E-state index is -2.17.